The molecule has 0 saturated carbocycles. The van der Waals surface area contributed by atoms with Gasteiger partial charge in [0.25, 0.3) is 5.91 Å². The van der Waals surface area contributed by atoms with E-state index in [0.29, 0.717) is 22.9 Å². The van der Waals surface area contributed by atoms with Crippen molar-refractivity contribution in [3.05, 3.63) is 48.5 Å². The number of amides is 1. The molecule has 7 heteroatoms. The normalized spacial score (nSPS) is 11.2. The monoisotopic (exact) mass is 359 g/mol. The quantitative estimate of drug-likeness (QED) is 0.730. The number of methoxy groups -OCH3 is 2. The molecule has 0 aliphatic carbocycles. The van der Waals surface area contributed by atoms with Gasteiger partial charge in [0.15, 0.2) is 12.7 Å². The number of esters is 1. The van der Waals surface area contributed by atoms with E-state index in [9.17, 15) is 9.59 Å². The van der Waals surface area contributed by atoms with Gasteiger partial charge in [-0.05, 0) is 31.2 Å². The van der Waals surface area contributed by atoms with Crippen molar-refractivity contribution in [2.24, 2.45) is 0 Å². The smallest absolute Gasteiger partial charge is 0.347 e. The fourth-order valence-electron chi connectivity index (χ4n) is 2.10. The maximum absolute atomic E-state index is 12.0. The molecule has 0 bridgehead atoms. The Balaban J connectivity index is 1.87. The summed E-state index contributed by atoms with van der Waals surface area (Å²) in [6.45, 7) is 1.11. The van der Waals surface area contributed by atoms with Gasteiger partial charge in [-0.2, -0.15) is 0 Å². The Bertz CT molecular complexity index is 747. The van der Waals surface area contributed by atoms with E-state index in [1.807, 2.05) is 6.07 Å². The van der Waals surface area contributed by atoms with E-state index in [-0.39, 0.29) is 0 Å². The Labute approximate surface area is 151 Å². The Hall–Kier alpha value is -3.22. The van der Waals surface area contributed by atoms with Crippen LogP contribution in [0.25, 0.3) is 0 Å². The van der Waals surface area contributed by atoms with Gasteiger partial charge in [-0.1, -0.05) is 18.2 Å². The van der Waals surface area contributed by atoms with Crippen LogP contribution in [-0.2, 0) is 14.3 Å². The molecule has 26 heavy (non-hydrogen) atoms. The van der Waals surface area contributed by atoms with Gasteiger partial charge < -0.3 is 24.3 Å². The van der Waals surface area contributed by atoms with Crippen LogP contribution >= 0.6 is 0 Å². The van der Waals surface area contributed by atoms with Crippen molar-refractivity contribution < 1.29 is 28.5 Å². The summed E-state index contributed by atoms with van der Waals surface area (Å²) in [7, 11) is 3.00. The highest BCUT2D eigenvalue weighted by Crippen LogP contribution is 2.28. The molecule has 0 aromatic heterocycles. The minimum absolute atomic E-state index is 0.418. The number of ether oxygens (including phenoxy) is 4. The number of carbonyl (C=O) groups is 2. The fourth-order valence-corrected chi connectivity index (χ4v) is 2.10. The first-order chi connectivity index (χ1) is 12.5. The number of nitrogens with one attached hydrogen (secondary N) is 1. The van der Waals surface area contributed by atoms with Crippen LogP contribution in [0.5, 0.6) is 17.2 Å². The van der Waals surface area contributed by atoms with E-state index in [1.165, 1.54) is 14.2 Å². The van der Waals surface area contributed by atoms with Crippen molar-refractivity contribution in [3.8, 4) is 17.2 Å². The van der Waals surface area contributed by atoms with Crippen molar-refractivity contribution in [2.75, 3.05) is 26.1 Å². The second kappa shape index (κ2) is 9.31. The highest BCUT2D eigenvalue weighted by atomic mass is 16.6. The molecule has 0 aliphatic heterocycles. The number of rotatable bonds is 8. The summed E-state index contributed by atoms with van der Waals surface area (Å²) in [5, 5.41) is 2.62. The van der Waals surface area contributed by atoms with Gasteiger partial charge >= 0.3 is 5.97 Å². The Morgan fingerprint density at radius 3 is 2.38 bits per heavy atom. The largest absolute Gasteiger partial charge is 0.497 e. The molecule has 2 rings (SSSR count). The zero-order valence-corrected chi connectivity index (χ0v) is 14.9. The summed E-state index contributed by atoms with van der Waals surface area (Å²) in [6.07, 6.45) is -0.837. The van der Waals surface area contributed by atoms with Crippen molar-refractivity contribution in [1.82, 2.24) is 0 Å². The highest BCUT2D eigenvalue weighted by molar-refractivity contribution is 5.94. The summed E-state index contributed by atoms with van der Waals surface area (Å²) in [5.74, 6) is 0.426. The molecule has 7 nitrogen and oxygen atoms in total. The third-order valence-electron chi connectivity index (χ3n) is 3.41. The maximum Gasteiger partial charge on any atom is 0.347 e. The van der Waals surface area contributed by atoms with Crippen molar-refractivity contribution in [2.45, 2.75) is 13.0 Å². The van der Waals surface area contributed by atoms with E-state index in [0.717, 1.165) is 0 Å². The predicted octanol–water partition coefficient (Wildman–Crippen LogP) is 2.65. The topological polar surface area (TPSA) is 83.1 Å². The Kier molecular flexibility index (Phi) is 6.84. The van der Waals surface area contributed by atoms with Crippen LogP contribution in [-0.4, -0.2) is 38.8 Å². The highest BCUT2D eigenvalue weighted by Gasteiger charge is 2.18. The number of para-hydroxylation sites is 1. The third kappa shape index (κ3) is 5.41. The molecule has 1 atom stereocenters. The van der Waals surface area contributed by atoms with E-state index in [2.05, 4.69) is 5.32 Å². The zero-order chi connectivity index (χ0) is 18.9. The van der Waals surface area contributed by atoms with Crippen LogP contribution in [0.2, 0.25) is 0 Å². The molecule has 0 heterocycles. The molecule has 0 saturated heterocycles. The average Bonchev–Trinajstić information content (AvgIpc) is 2.66. The van der Waals surface area contributed by atoms with Crippen LogP contribution in [0.1, 0.15) is 6.92 Å². The number of benzene rings is 2. The van der Waals surface area contributed by atoms with Crippen LogP contribution < -0.4 is 19.5 Å². The summed E-state index contributed by atoms with van der Waals surface area (Å²) < 4.78 is 20.7. The molecule has 138 valence electrons. The molecule has 1 N–H and O–H groups in total. The maximum atomic E-state index is 12.0. The lowest BCUT2D eigenvalue weighted by atomic mass is 10.2. The van der Waals surface area contributed by atoms with E-state index < -0.39 is 24.6 Å². The molecular formula is C19H21NO6. The van der Waals surface area contributed by atoms with Crippen molar-refractivity contribution in [1.29, 1.82) is 0 Å². The summed E-state index contributed by atoms with van der Waals surface area (Å²) >= 11 is 0. The van der Waals surface area contributed by atoms with Crippen molar-refractivity contribution >= 4 is 17.6 Å². The zero-order valence-electron chi connectivity index (χ0n) is 14.9. The first-order valence-corrected chi connectivity index (χ1v) is 7.93. The SMILES string of the molecule is COc1ccc(OC)c(NC(=O)COC(=O)[C@@H](C)Oc2ccccc2)c1. The van der Waals surface area contributed by atoms with Gasteiger partial charge in [0.2, 0.25) is 0 Å². The van der Waals surface area contributed by atoms with Gasteiger partial charge in [-0.3, -0.25) is 4.79 Å². The molecule has 0 fully saturated rings. The average molecular weight is 359 g/mol. The van der Waals surface area contributed by atoms with Crippen LogP contribution in [0.4, 0.5) is 5.69 Å². The second-order valence-electron chi connectivity index (χ2n) is 5.30. The molecule has 2 aromatic carbocycles. The number of anilines is 1. The van der Waals surface area contributed by atoms with E-state index in [4.69, 9.17) is 18.9 Å². The molecule has 1 amide bonds. The molecular weight excluding hydrogens is 338 g/mol. The molecule has 0 spiro atoms. The molecule has 0 radical (unpaired) electrons. The lowest BCUT2D eigenvalue weighted by Crippen LogP contribution is -2.29. The molecule has 2 aromatic rings. The minimum Gasteiger partial charge on any atom is -0.497 e. The number of hydrogen-bond donors (Lipinski definition) is 1. The lowest BCUT2D eigenvalue weighted by Gasteiger charge is -2.14. The standard InChI is InChI=1S/C19H21NO6/c1-13(26-14-7-5-4-6-8-14)19(22)25-12-18(21)20-16-11-15(23-2)9-10-17(16)24-3/h4-11,13H,12H2,1-3H3,(H,20,21)/t13-/m1/s1. The first kappa shape index (κ1) is 19.1. The van der Waals surface area contributed by atoms with Crippen LogP contribution in [0, 0.1) is 0 Å². The predicted molar refractivity (Wildman–Crippen MR) is 95.7 cm³/mol. The minimum atomic E-state index is -0.837. The lowest BCUT2D eigenvalue weighted by molar-refractivity contribution is -0.153. The van der Waals surface area contributed by atoms with Crippen molar-refractivity contribution in [3.63, 3.8) is 0 Å². The van der Waals surface area contributed by atoms with E-state index >= 15 is 0 Å². The van der Waals surface area contributed by atoms with Gasteiger partial charge in [-0.15, -0.1) is 0 Å². The summed E-state index contributed by atoms with van der Waals surface area (Å²) in [4.78, 5) is 24.0. The first-order valence-electron chi connectivity index (χ1n) is 7.93. The summed E-state index contributed by atoms with van der Waals surface area (Å²) in [5.41, 5.74) is 0.418. The second-order valence-corrected chi connectivity index (χ2v) is 5.30. The Morgan fingerprint density at radius 2 is 1.73 bits per heavy atom. The molecule has 0 unspecified atom stereocenters. The van der Waals surface area contributed by atoms with Crippen LogP contribution in [0.15, 0.2) is 48.5 Å². The van der Waals surface area contributed by atoms with Gasteiger partial charge in [0.1, 0.15) is 17.2 Å². The van der Waals surface area contributed by atoms with E-state index in [1.54, 1.807) is 49.4 Å². The van der Waals surface area contributed by atoms with Gasteiger partial charge in [-0.25, -0.2) is 4.79 Å². The fraction of sp³-hybridized carbons (Fsp3) is 0.263. The van der Waals surface area contributed by atoms with Crippen LogP contribution in [0.3, 0.4) is 0 Å². The molecule has 0 aliphatic rings. The summed E-state index contributed by atoms with van der Waals surface area (Å²) in [6, 6.07) is 13.9. The third-order valence-corrected chi connectivity index (χ3v) is 3.41. The van der Waals surface area contributed by atoms with Gasteiger partial charge in [0.05, 0.1) is 19.9 Å². The Morgan fingerprint density at radius 1 is 1.00 bits per heavy atom. The number of hydrogen-bond acceptors (Lipinski definition) is 6. The number of carbonyl (C=O) groups excluding carboxylic acids is 2. The van der Waals surface area contributed by atoms with Gasteiger partial charge in [0, 0.05) is 6.07 Å².